The maximum atomic E-state index is 12.6. The summed E-state index contributed by atoms with van der Waals surface area (Å²) in [5.74, 6) is -0.766. The summed E-state index contributed by atoms with van der Waals surface area (Å²) in [6, 6.07) is 0. The van der Waals surface area contributed by atoms with E-state index in [1.165, 1.54) is 10.9 Å². The van der Waals surface area contributed by atoms with Crippen molar-refractivity contribution in [1.82, 2.24) is 19.5 Å². The summed E-state index contributed by atoms with van der Waals surface area (Å²) in [7, 11) is -2.13. The molecule has 186 valence electrons. The average molecular weight is 493 g/mol. The predicted molar refractivity (Wildman–Crippen MR) is 128 cm³/mol. The van der Waals surface area contributed by atoms with Crippen LogP contribution in [0.3, 0.4) is 0 Å². The van der Waals surface area contributed by atoms with Gasteiger partial charge in [0.2, 0.25) is 11.9 Å². The minimum Gasteiger partial charge on any atom is -0.414 e. The monoisotopic (exact) mass is 492 g/mol. The third-order valence-electron chi connectivity index (χ3n) is 6.56. The van der Waals surface area contributed by atoms with Gasteiger partial charge in [0.25, 0.3) is 5.56 Å². The van der Waals surface area contributed by atoms with Gasteiger partial charge in [0.15, 0.2) is 25.1 Å². The third kappa shape index (κ3) is 4.59. The van der Waals surface area contributed by atoms with E-state index in [2.05, 4.69) is 64.2 Å². The van der Waals surface area contributed by atoms with E-state index in [4.69, 9.17) is 9.16 Å². The molecule has 1 aliphatic heterocycles. The van der Waals surface area contributed by atoms with Crippen LogP contribution in [0.25, 0.3) is 21.6 Å². The number of H-pyrrole nitrogens is 1. The van der Waals surface area contributed by atoms with Gasteiger partial charge in [-0.15, -0.1) is 0 Å². The molecule has 0 unspecified atom stereocenters. The maximum Gasteiger partial charge on any atom is 0.280 e. The number of aliphatic hydroxyl groups excluding tert-OH is 1. The van der Waals surface area contributed by atoms with Gasteiger partial charge >= 0.3 is 0 Å². The van der Waals surface area contributed by atoms with Crippen molar-refractivity contribution in [2.24, 2.45) is 11.0 Å². The highest BCUT2D eigenvalue weighted by Gasteiger charge is 2.52. The summed E-state index contributed by atoms with van der Waals surface area (Å²) >= 11 is 0. The third-order valence-corrected chi connectivity index (χ3v) is 11.1. The topological polar surface area (TPSA) is 180 Å². The van der Waals surface area contributed by atoms with Crippen molar-refractivity contribution in [3.8, 4) is 0 Å². The lowest BCUT2D eigenvalue weighted by atomic mass is 10.0. The number of azide groups is 1. The molecule has 34 heavy (non-hydrogen) atoms. The van der Waals surface area contributed by atoms with Crippen LogP contribution in [-0.4, -0.2) is 64.3 Å². The van der Waals surface area contributed by atoms with E-state index in [0.717, 1.165) is 0 Å². The van der Waals surface area contributed by atoms with Gasteiger partial charge in [0.1, 0.15) is 12.2 Å². The van der Waals surface area contributed by atoms with Gasteiger partial charge in [-0.3, -0.25) is 24.5 Å². The van der Waals surface area contributed by atoms with Crippen molar-refractivity contribution in [3.05, 3.63) is 27.1 Å². The quantitative estimate of drug-likeness (QED) is 0.230. The van der Waals surface area contributed by atoms with Crippen LogP contribution in [0.4, 0.5) is 5.95 Å². The Labute approximate surface area is 197 Å². The second kappa shape index (κ2) is 9.11. The number of fused-ring (bicyclic) bond motifs is 1. The molecular weight excluding hydrogens is 460 g/mol. The normalized spacial score (nSPS) is 23.3. The number of carbonyl (C=O) groups is 1. The molecule has 0 saturated carbocycles. The van der Waals surface area contributed by atoms with E-state index in [1.807, 2.05) is 0 Å². The Kier molecular flexibility index (Phi) is 6.93. The molecule has 0 aliphatic carbocycles. The second-order valence-corrected chi connectivity index (χ2v) is 15.1. The van der Waals surface area contributed by atoms with Gasteiger partial charge in [-0.05, 0) is 23.7 Å². The summed E-state index contributed by atoms with van der Waals surface area (Å²) in [5, 5.41) is 17.6. The fraction of sp³-hybridized carbons (Fsp3) is 0.700. The number of ether oxygens (including phenoxy) is 1. The van der Waals surface area contributed by atoms with Crippen molar-refractivity contribution in [1.29, 1.82) is 0 Å². The van der Waals surface area contributed by atoms with E-state index in [9.17, 15) is 20.2 Å². The van der Waals surface area contributed by atoms with Crippen LogP contribution in [-0.2, 0) is 19.6 Å². The second-order valence-electron chi connectivity index (χ2n) is 10.3. The van der Waals surface area contributed by atoms with Gasteiger partial charge in [-0.1, -0.05) is 39.7 Å². The number of aliphatic hydroxyl groups is 1. The van der Waals surface area contributed by atoms with E-state index in [0.29, 0.717) is 0 Å². The standard InChI is InChI=1S/C20H32N8O5Si/c1-11(2)16(30)24-18-23-15-13(17(31)25-18)22-10-28(15)20(26-27-21)9-32-12(14(20)29)8-33-34(6,7)19(3,4)5/h10-12,14,29H,8-9H2,1-7H3,(H2,23,24,25,30,31)/t12-,14+,20+/m1/s1. The first-order valence-electron chi connectivity index (χ1n) is 11.0. The number of hydrogen-bond acceptors (Lipinski definition) is 8. The molecule has 3 atom stereocenters. The van der Waals surface area contributed by atoms with Crippen LogP contribution >= 0.6 is 0 Å². The SMILES string of the molecule is CC(C)C(=O)Nc1nc2c(ncn2[C@@]2(N=[N+]=[N-])CO[C@H](CO[Si](C)(C)C(C)(C)C)[C@@H]2O)c(=O)[nH]1. The van der Waals surface area contributed by atoms with Gasteiger partial charge in [-0.2, -0.15) is 4.98 Å². The van der Waals surface area contributed by atoms with Crippen molar-refractivity contribution >= 4 is 31.3 Å². The molecule has 13 nitrogen and oxygen atoms in total. The summed E-state index contributed by atoms with van der Waals surface area (Å²) in [6.45, 7) is 13.8. The number of imidazole rings is 1. The number of anilines is 1. The lowest BCUT2D eigenvalue weighted by Gasteiger charge is -2.37. The summed E-state index contributed by atoms with van der Waals surface area (Å²) in [4.78, 5) is 38.4. The maximum absolute atomic E-state index is 12.6. The molecular formula is C20H32N8O5Si. The van der Waals surface area contributed by atoms with Gasteiger partial charge < -0.3 is 14.3 Å². The van der Waals surface area contributed by atoms with Crippen LogP contribution in [0, 0.1) is 5.92 Å². The Hall–Kier alpha value is -2.77. The molecule has 1 fully saturated rings. The lowest BCUT2D eigenvalue weighted by molar-refractivity contribution is -0.118. The first kappa shape index (κ1) is 25.8. The summed E-state index contributed by atoms with van der Waals surface area (Å²) < 4.78 is 13.3. The fourth-order valence-electron chi connectivity index (χ4n) is 3.29. The molecule has 3 rings (SSSR count). The molecule has 14 heteroatoms. The first-order chi connectivity index (χ1) is 15.7. The molecule has 3 N–H and O–H groups in total. The summed E-state index contributed by atoms with van der Waals surface area (Å²) in [6.07, 6.45) is -0.821. The predicted octanol–water partition coefficient (Wildman–Crippen LogP) is 2.46. The highest BCUT2D eigenvalue weighted by Crippen LogP contribution is 2.39. The number of amides is 1. The molecule has 0 spiro atoms. The van der Waals surface area contributed by atoms with Gasteiger partial charge in [0.05, 0.1) is 19.5 Å². The van der Waals surface area contributed by atoms with Gasteiger partial charge in [0, 0.05) is 10.8 Å². The number of rotatable bonds is 7. The van der Waals surface area contributed by atoms with Crippen LogP contribution < -0.4 is 10.9 Å². The zero-order valence-corrected chi connectivity index (χ0v) is 21.5. The van der Waals surface area contributed by atoms with E-state index >= 15 is 0 Å². The first-order valence-corrected chi connectivity index (χ1v) is 13.9. The molecule has 0 radical (unpaired) electrons. The van der Waals surface area contributed by atoms with Gasteiger partial charge in [-0.25, -0.2) is 4.98 Å². The van der Waals surface area contributed by atoms with E-state index in [1.54, 1.807) is 13.8 Å². The summed E-state index contributed by atoms with van der Waals surface area (Å²) in [5.41, 5.74) is 7.06. The Bertz CT molecular complexity index is 1180. The molecule has 2 aromatic rings. The highest BCUT2D eigenvalue weighted by atomic mass is 28.4. The zero-order chi connectivity index (χ0) is 25.5. The molecule has 1 saturated heterocycles. The number of aromatic amines is 1. The largest absolute Gasteiger partial charge is 0.414 e. The molecule has 3 heterocycles. The smallest absolute Gasteiger partial charge is 0.280 e. The van der Waals surface area contributed by atoms with Crippen molar-refractivity contribution in [2.75, 3.05) is 18.5 Å². The van der Waals surface area contributed by atoms with E-state index in [-0.39, 0.29) is 47.2 Å². The molecule has 1 aliphatic rings. The Balaban J connectivity index is 1.99. The average Bonchev–Trinajstić information content (AvgIpc) is 3.29. The van der Waals surface area contributed by atoms with Crippen LogP contribution in [0.1, 0.15) is 34.6 Å². The highest BCUT2D eigenvalue weighted by molar-refractivity contribution is 6.74. The Morgan fingerprint density at radius 2 is 2.21 bits per heavy atom. The Morgan fingerprint density at radius 1 is 1.53 bits per heavy atom. The minimum atomic E-state index is -2.13. The number of aromatic nitrogens is 4. The number of nitrogens with one attached hydrogen (secondary N) is 2. The van der Waals surface area contributed by atoms with Crippen molar-refractivity contribution in [2.45, 2.75) is 70.6 Å². The molecule has 0 aromatic carbocycles. The number of nitrogens with zero attached hydrogens (tertiary/aromatic N) is 6. The number of carbonyl (C=O) groups excluding carboxylic acids is 1. The van der Waals surface area contributed by atoms with Crippen molar-refractivity contribution in [3.63, 3.8) is 0 Å². The van der Waals surface area contributed by atoms with Crippen LogP contribution in [0.2, 0.25) is 18.1 Å². The Morgan fingerprint density at radius 3 is 2.79 bits per heavy atom. The molecule has 1 amide bonds. The fourth-order valence-corrected chi connectivity index (χ4v) is 4.30. The van der Waals surface area contributed by atoms with E-state index < -0.39 is 31.7 Å². The lowest BCUT2D eigenvalue weighted by Crippen LogP contribution is -2.48. The number of hydrogen-bond donors (Lipinski definition) is 3. The molecule has 0 bridgehead atoms. The van der Waals surface area contributed by atoms with Crippen LogP contribution in [0.15, 0.2) is 16.2 Å². The zero-order valence-electron chi connectivity index (χ0n) is 20.5. The van der Waals surface area contributed by atoms with Crippen molar-refractivity contribution < 1.29 is 19.1 Å². The minimum absolute atomic E-state index is 0.0313. The molecule has 2 aromatic heterocycles. The van der Waals surface area contributed by atoms with Crippen LogP contribution in [0.5, 0.6) is 0 Å².